The standard InChI is InChI=1S/C10H9N3O3/c1-5(14)11-6-2-3-7-8(4-6)10(16)13-12-9(7)15/h2-4H,1H3,(H,11,14)(H,12,15)(H,13,16). The molecule has 1 heterocycles. The monoisotopic (exact) mass is 219 g/mol. The molecule has 0 saturated heterocycles. The smallest absolute Gasteiger partial charge is 0.270 e. The van der Waals surface area contributed by atoms with Gasteiger partial charge in [-0.15, -0.1) is 0 Å². The minimum Gasteiger partial charge on any atom is -0.326 e. The Labute approximate surface area is 89.3 Å². The van der Waals surface area contributed by atoms with Gasteiger partial charge in [0, 0.05) is 12.6 Å². The second-order valence-corrected chi connectivity index (χ2v) is 3.35. The SMILES string of the molecule is CC(=O)Nc1ccc2c(=O)[nH][nH]c(=O)c2c1. The number of carbonyl (C=O) groups excluding carboxylic acids is 1. The van der Waals surface area contributed by atoms with Crippen molar-refractivity contribution in [3.8, 4) is 0 Å². The molecule has 1 aromatic heterocycles. The van der Waals surface area contributed by atoms with Crippen LogP contribution in [0.2, 0.25) is 0 Å². The van der Waals surface area contributed by atoms with E-state index in [9.17, 15) is 14.4 Å². The van der Waals surface area contributed by atoms with Crippen LogP contribution in [0.3, 0.4) is 0 Å². The van der Waals surface area contributed by atoms with E-state index in [1.54, 1.807) is 6.07 Å². The molecule has 82 valence electrons. The van der Waals surface area contributed by atoms with E-state index in [1.165, 1.54) is 19.1 Å². The van der Waals surface area contributed by atoms with Gasteiger partial charge in [-0.2, -0.15) is 0 Å². The van der Waals surface area contributed by atoms with E-state index < -0.39 is 5.56 Å². The summed E-state index contributed by atoms with van der Waals surface area (Å²) in [5.41, 5.74) is -0.290. The first-order valence-corrected chi connectivity index (χ1v) is 4.60. The van der Waals surface area contributed by atoms with Crippen molar-refractivity contribution in [1.82, 2.24) is 10.2 Å². The number of hydrogen-bond acceptors (Lipinski definition) is 3. The topological polar surface area (TPSA) is 94.8 Å². The van der Waals surface area contributed by atoms with E-state index in [0.717, 1.165) is 0 Å². The second kappa shape index (κ2) is 3.65. The molecule has 3 N–H and O–H groups in total. The summed E-state index contributed by atoms with van der Waals surface area (Å²) in [4.78, 5) is 33.6. The summed E-state index contributed by atoms with van der Waals surface area (Å²) in [6, 6.07) is 4.53. The quantitative estimate of drug-likeness (QED) is 0.638. The molecule has 6 nitrogen and oxygen atoms in total. The van der Waals surface area contributed by atoms with Crippen molar-refractivity contribution >= 4 is 22.4 Å². The van der Waals surface area contributed by atoms with Crippen LogP contribution in [0.5, 0.6) is 0 Å². The van der Waals surface area contributed by atoms with Gasteiger partial charge >= 0.3 is 0 Å². The van der Waals surface area contributed by atoms with E-state index in [0.29, 0.717) is 5.69 Å². The molecule has 0 aliphatic carbocycles. The summed E-state index contributed by atoms with van der Waals surface area (Å²) < 4.78 is 0. The Morgan fingerprint density at radius 2 is 1.75 bits per heavy atom. The number of hydrogen-bond donors (Lipinski definition) is 3. The maximum Gasteiger partial charge on any atom is 0.270 e. The number of H-pyrrole nitrogens is 2. The van der Waals surface area contributed by atoms with Gasteiger partial charge in [0.1, 0.15) is 0 Å². The van der Waals surface area contributed by atoms with Crippen LogP contribution in [0.25, 0.3) is 10.8 Å². The lowest BCUT2D eigenvalue weighted by Gasteiger charge is -2.02. The highest BCUT2D eigenvalue weighted by molar-refractivity contribution is 5.92. The second-order valence-electron chi connectivity index (χ2n) is 3.35. The predicted molar refractivity (Wildman–Crippen MR) is 59.5 cm³/mol. The number of benzene rings is 1. The first-order chi connectivity index (χ1) is 7.58. The number of aromatic nitrogens is 2. The molecule has 2 rings (SSSR count). The van der Waals surface area contributed by atoms with Crippen LogP contribution in [0.4, 0.5) is 5.69 Å². The van der Waals surface area contributed by atoms with Crippen LogP contribution >= 0.6 is 0 Å². The zero-order valence-corrected chi connectivity index (χ0v) is 8.46. The lowest BCUT2D eigenvalue weighted by molar-refractivity contribution is -0.114. The Balaban J connectivity index is 2.71. The fourth-order valence-electron chi connectivity index (χ4n) is 1.46. The Hall–Kier alpha value is -2.37. The average Bonchev–Trinajstić information content (AvgIpc) is 2.23. The van der Waals surface area contributed by atoms with E-state index in [2.05, 4.69) is 15.5 Å². The van der Waals surface area contributed by atoms with Gasteiger partial charge < -0.3 is 5.32 Å². The Morgan fingerprint density at radius 3 is 2.38 bits per heavy atom. The van der Waals surface area contributed by atoms with Gasteiger partial charge in [0.15, 0.2) is 0 Å². The van der Waals surface area contributed by atoms with Gasteiger partial charge in [-0.3, -0.25) is 24.6 Å². The van der Waals surface area contributed by atoms with Crippen LogP contribution in [-0.4, -0.2) is 16.1 Å². The van der Waals surface area contributed by atoms with Gasteiger partial charge in [-0.25, -0.2) is 0 Å². The van der Waals surface area contributed by atoms with Crippen LogP contribution in [0, 0.1) is 0 Å². The molecule has 0 bridgehead atoms. The first-order valence-electron chi connectivity index (χ1n) is 4.60. The summed E-state index contributed by atoms with van der Waals surface area (Å²) >= 11 is 0. The normalized spacial score (nSPS) is 10.3. The summed E-state index contributed by atoms with van der Waals surface area (Å²) in [5, 5.41) is 7.51. The molecule has 6 heteroatoms. The maximum absolute atomic E-state index is 11.4. The van der Waals surface area contributed by atoms with Crippen molar-refractivity contribution in [3.05, 3.63) is 38.9 Å². The summed E-state index contributed by atoms with van der Waals surface area (Å²) in [6.45, 7) is 1.37. The molecule has 1 aromatic carbocycles. The van der Waals surface area contributed by atoms with Crippen molar-refractivity contribution in [1.29, 1.82) is 0 Å². The van der Waals surface area contributed by atoms with E-state index >= 15 is 0 Å². The highest BCUT2D eigenvalue weighted by Crippen LogP contribution is 2.12. The number of aromatic amines is 2. The molecule has 0 aliphatic rings. The molecule has 0 spiro atoms. The third kappa shape index (κ3) is 1.72. The van der Waals surface area contributed by atoms with Crippen molar-refractivity contribution in [2.24, 2.45) is 0 Å². The van der Waals surface area contributed by atoms with Crippen molar-refractivity contribution in [2.45, 2.75) is 6.92 Å². The van der Waals surface area contributed by atoms with E-state index in [-0.39, 0.29) is 22.2 Å². The highest BCUT2D eigenvalue weighted by atomic mass is 16.2. The number of anilines is 1. The van der Waals surface area contributed by atoms with E-state index in [1.807, 2.05) is 0 Å². The molecule has 2 aromatic rings. The third-order valence-electron chi connectivity index (χ3n) is 2.12. The number of nitrogens with one attached hydrogen (secondary N) is 3. The zero-order chi connectivity index (χ0) is 11.7. The first kappa shape index (κ1) is 10.2. The number of carbonyl (C=O) groups is 1. The fraction of sp³-hybridized carbons (Fsp3) is 0.100. The van der Waals surface area contributed by atoms with Gasteiger partial charge in [-0.1, -0.05) is 0 Å². The molecular weight excluding hydrogens is 210 g/mol. The molecule has 16 heavy (non-hydrogen) atoms. The largest absolute Gasteiger partial charge is 0.326 e. The number of rotatable bonds is 1. The van der Waals surface area contributed by atoms with Crippen LogP contribution in [-0.2, 0) is 4.79 Å². The summed E-state index contributed by atoms with van der Waals surface area (Å²) in [6.07, 6.45) is 0. The van der Waals surface area contributed by atoms with Crippen LogP contribution in [0.15, 0.2) is 27.8 Å². The molecular formula is C10H9N3O3. The van der Waals surface area contributed by atoms with Gasteiger partial charge in [0.05, 0.1) is 10.8 Å². The van der Waals surface area contributed by atoms with Crippen molar-refractivity contribution in [2.75, 3.05) is 5.32 Å². The molecule has 0 fully saturated rings. The van der Waals surface area contributed by atoms with Crippen molar-refractivity contribution < 1.29 is 4.79 Å². The fourth-order valence-corrected chi connectivity index (χ4v) is 1.46. The predicted octanol–water partition coefficient (Wildman–Crippen LogP) is 0.175. The molecule has 0 radical (unpaired) electrons. The number of amides is 1. The van der Waals surface area contributed by atoms with Crippen LogP contribution < -0.4 is 16.4 Å². The van der Waals surface area contributed by atoms with Crippen molar-refractivity contribution in [3.63, 3.8) is 0 Å². The summed E-state index contributed by atoms with van der Waals surface area (Å²) in [5.74, 6) is -0.236. The van der Waals surface area contributed by atoms with Gasteiger partial charge in [0.2, 0.25) is 5.91 Å². The molecule has 0 aliphatic heterocycles. The van der Waals surface area contributed by atoms with Gasteiger partial charge in [0.25, 0.3) is 11.1 Å². The lowest BCUT2D eigenvalue weighted by Crippen LogP contribution is -2.19. The molecule has 0 atom stereocenters. The minimum atomic E-state index is -0.401. The molecule has 0 saturated carbocycles. The molecule has 0 unspecified atom stereocenters. The van der Waals surface area contributed by atoms with Crippen LogP contribution in [0.1, 0.15) is 6.92 Å². The summed E-state index contributed by atoms with van der Waals surface area (Å²) in [7, 11) is 0. The Bertz CT molecular complexity index is 669. The highest BCUT2D eigenvalue weighted by Gasteiger charge is 2.04. The number of fused-ring (bicyclic) bond motifs is 1. The van der Waals surface area contributed by atoms with E-state index in [4.69, 9.17) is 0 Å². The average molecular weight is 219 g/mol. The minimum absolute atomic E-state index is 0.236. The molecule has 1 amide bonds. The third-order valence-corrected chi connectivity index (χ3v) is 2.12. The lowest BCUT2D eigenvalue weighted by atomic mass is 10.2. The van der Waals surface area contributed by atoms with Gasteiger partial charge in [-0.05, 0) is 18.2 Å². The Kier molecular flexibility index (Phi) is 2.32. The Morgan fingerprint density at radius 1 is 1.12 bits per heavy atom. The zero-order valence-electron chi connectivity index (χ0n) is 8.46. The maximum atomic E-state index is 11.4.